The SMILES string of the molecule is CC(C)CCc1ccccc1CNCC(C)C. The van der Waals surface area contributed by atoms with Crippen LogP contribution in [0, 0.1) is 11.8 Å². The molecule has 1 aromatic carbocycles. The predicted molar refractivity (Wildman–Crippen MR) is 76.1 cm³/mol. The van der Waals surface area contributed by atoms with Gasteiger partial charge in [0.1, 0.15) is 0 Å². The summed E-state index contributed by atoms with van der Waals surface area (Å²) < 4.78 is 0. The van der Waals surface area contributed by atoms with Crippen molar-refractivity contribution in [2.45, 2.75) is 47.1 Å². The molecular formula is C16H27N. The van der Waals surface area contributed by atoms with E-state index in [0.29, 0.717) is 0 Å². The van der Waals surface area contributed by atoms with E-state index in [-0.39, 0.29) is 0 Å². The third kappa shape index (κ3) is 5.88. The number of hydrogen-bond donors (Lipinski definition) is 1. The predicted octanol–water partition coefficient (Wildman–Crippen LogP) is 4.02. The van der Waals surface area contributed by atoms with Crippen LogP contribution in [0.15, 0.2) is 24.3 Å². The fourth-order valence-corrected chi connectivity index (χ4v) is 1.91. The van der Waals surface area contributed by atoms with Crippen LogP contribution in [0.3, 0.4) is 0 Å². The quantitative estimate of drug-likeness (QED) is 0.750. The highest BCUT2D eigenvalue weighted by atomic mass is 14.8. The molecule has 0 aliphatic rings. The summed E-state index contributed by atoms with van der Waals surface area (Å²) in [6.07, 6.45) is 2.48. The molecule has 1 nitrogen and oxygen atoms in total. The van der Waals surface area contributed by atoms with Crippen LogP contribution < -0.4 is 5.32 Å². The Bertz CT molecular complexity index is 315. The van der Waals surface area contributed by atoms with Gasteiger partial charge in [-0.25, -0.2) is 0 Å². The van der Waals surface area contributed by atoms with E-state index in [1.54, 1.807) is 0 Å². The molecule has 0 atom stereocenters. The van der Waals surface area contributed by atoms with E-state index in [0.717, 1.165) is 24.9 Å². The Morgan fingerprint density at radius 1 is 0.941 bits per heavy atom. The molecular weight excluding hydrogens is 206 g/mol. The summed E-state index contributed by atoms with van der Waals surface area (Å²) in [5, 5.41) is 3.53. The standard InChI is InChI=1S/C16H27N/c1-13(2)9-10-15-7-5-6-8-16(15)12-17-11-14(3)4/h5-8,13-14,17H,9-12H2,1-4H3. The van der Waals surface area contributed by atoms with E-state index in [1.807, 2.05) is 0 Å². The van der Waals surface area contributed by atoms with Crippen LogP contribution in [0.2, 0.25) is 0 Å². The molecule has 0 aromatic heterocycles. The fraction of sp³-hybridized carbons (Fsp3) is 0.625. The van der Waals surface area contributed by atoms with E-state index >= 15 is 0 Å². The van der Waals surface area contributed by atoms with Gasteiger partial charge in [-0.15, -0.1) is 0 Å². The van der Waals surface area contributed by atoms with Crippen LogP contribution in [0.4, 0.5) is 0 Å². The fourth-order valence-electron chi connectivity index (χ4n) is 1.91. The highest BCUT2D eigenvalue weighted by Crippen LogP contribution is 2.14. The minimum Gasteiger partial charge on any atom is -0.312 e. The first kappa shape index (κ1) is 14.2. The lowest BCUT2D eigenvalue weighted by molar-refractivity contribution is 0.547. The summed E-state index contributed by atoms with van der Waals surface area (Å²) in [6, 6.07) is 8.82. The van der Waals surface area contributed by atoms with E-state index in [4.69, 9.17) is 0 Å². The lowest BCUT2D eigenvalue weighted by Crippen LogP contribution is -2.19. The van der Waals surface area contributed by atoms with Crippen molar-refractivity contribution < 1.29 is 0 Å². The first-order chi connectivity index (χ1) is 8.09. The van der Waals surface area contributed by atoms with Crippen molar-refractivity contribution in [1.82, 2.24) is 5.32 Å². The highest BCUT2D eigenvalue weighted by Gasteiger charge is 2.03. The van der Waals surface area contributed by atoms with Crippen molar-refractivity contribution in [2.75, 3.05) is 6.54 Å². The van der Waals surface area contributed by atoms with Gasteiger partial charge in [-0.3, -0.25) is 0 Å². The average Bonchev–Trinajstić information content (AvgIpc) is 2.27. The Morgan fingerprint density at radius 3 is 2.18 bits per heavy atom. The lowest BCUT2D eigenvalue weighted by Gasteiger charge is -2.12. The van der Waals surface area contributed by atoms with Gasteiger partial charge in [-0.05, 0) is 42.3 Å². The number of benzene rings is 1. The van der Waals surface area contributed by atoms with E-state index in [9.17, 15) is 0 Å². The maximum absolute atomic E-state index is 3.53. The van der Waals surface area contributed by atoms with Crippen LogP contribution in [-0.4, -0.2) is 6.54 Å². The smallest absolute Gasteiger partial charge is 0.0208 e. The van der Waals surface area contributed by atoms with Crippen molar-refractivity contribution in [3.05, 3.63) is 35.4 Å². The van der Waals surface area contributed by atoms with Crippen LogP contribution in [0.25, 0.3) is 0 Å². The largest absolute Gasteiger partial charge is 0.312 e. The van der Waals surface area contributed by atoms with Gasteiger partial charge >= 0.3 is 0 Å². The second-order valence-electron chi connectivity index (χ2n) is 5.73. The van der Waals surface area contributed by atoms with Crippen LogP contribution in [0.1, 0.15) is 45.2 Å². The Labute approximate surface area is 107 Å². The van der Waals surface area contributed by atoms with E-state index < -0.39 is 0 Å². The van der Waals surface area contributed by atoms with Crippen molar-refractivity contribution in [2.24, 2.45) is 11.8 Å². The molecule has 17 heavy (non-hydrogen) atoms. The van der Waals surface area contributed by atoms with Crippen LogP contribution in [-0.2, 0) is 13.0 Å². The highest BCUT2D eigenvalue weighted by molar-refractivity contribution is 5.27. The minimum atomic E-state index is 0.720. The zero-order valence-electron chi connectivity index (χ0n) is 11.8. The molecule has 0 aliphatic heterocycles. The van der Waals surface area contributed by atoms with Gasteiger partial charge in [0.25, 0.3) is 0 Å². The number of aryl methyl sites for hydroxylation is 1. The molecule has 0 amide bonds. The van der Waals surface area contributed by atoms with Gasteiger partial charge in [0.05, 0.1) is 0 Å². The third-order valence-electron chi connectivity index (χ3n) is 2.98. The summed E-state index contributed by atoms with van der Waals surface area (Å²) in [7, 11) is 0. The Hall–Kier alpha value is -0.820. The normalized spacial score (nSPS) is 11.4. The Balaban J connectivity index is 2.51. The summed E-state index contributed by atoms with van der Waals surface area (Å²) >= 11 is 0. The summed E-state index contributed by atoms with van der Waals surface area (Å²) in [4.78, 5) is 0. The summed E-state index contributed by atoms with van der Waals surface area (Å²) in [6.45, 7) is 11.2. The number of hydrogen-bond acceptors (Lipinski definition) is 1. The number of nitrogens with one attached hydrogen (secondary N) is 1. The van der Waals surface area contributed by atoms with Crippen LogP contribution in [0.5, 0.6) is 0 Å². The molecule has 0 radical (unpaired) electrons. The first-order valence-corrected chi connectivity index (χ1v) is 6.87. The lowest BCUT2D eigenvalue weighted by atomic mass is 9.98. The first-order valence-electron chi connectivity index (χ1n) is 6.87. The molecule has 0 fully saturated rings. The maximum Gasteiger partial charge on any atom is 0.0208 e. The molecule has 1 rings (SSSR count). The Morgan fingerprint density at radius 2 is 1.59 bits per heavy atom. The van der Waals surface area contributed by atoms with Gasteiger partial charge in [0, 0.05) is 6.54 Å². The van der Waals surface area contributed by atoms with Crippen LogP contribution >= 0.6 is 0 Å². The molecule has 0 aliphatic carbocycles. The van der Waals surface area contributed by atoms with E-state index in [1.165, 1.54) is 24.0 Å². The molecule has 0 spiro atoms. The molecule has 1 heteroatoms. The third-order valence-corrected chi connectivity index (χ3v) is 2.98. The molecule has 0 saturated heterocycles. The van der Waals surface area contributed by atoms with Crippen molar-refractivity contribution in [3.8, 4) is 0 Å². The molecule has 0 saturated carbocycles. The van der Waals surface area contributed by atoms with Gasteiger partial charge in [0.15, 0.2) is 0 Å². The van der Waals surface area contributed by atoms with Crippen molar-refractivity contribution >= 4 is 0 Å². The van der Waals surface area contributed by atoms with Gasteiger partial charge in [-0.2, -0.15) is 0 Å². The second-order valence-corrected chi connectivity index (χ2v) is 5.73. The molecule has 0 unspecified atom stereocenters. The second kappa shape index (κ2) is 7.50. The molecule has 0 heterocycles. The molecule has 96 valence electrons. The zero-order valence-corrected chi connectivity index (χ0v) is 11.8. The van der Waals surface area contributed by atoms with Crippen molar-refractivity contribution in [3.63, 3.8) is 0 Å². The van der Waals surface area contributed by atoms with E-state index in [2.05, 4.69) is 57.3 Å². The van der Waals surface area contributed by atoms with Gasteiger partial charge in [-0.1, -0.05) is 52.0 Å². The summed E-state index contributed by atoms with van der Waals surface area (Å²) in [5.74, 6) is 1.50. The topological polar surface area (TPSA) is 12.0 Å². The Kier molecular flexibility index (Phi) is 6.28. The van der Waals surface area contributed by atoms with Crippen molar-refractivity contribution in [1.29, 1.82) is 0 Å². The molecule has 0 bridgehead atoms. The average molecular weight is 233 g/mol. The summed E-state index contributed by atoms with van der Waals surface area (Å²) in [5.41, 5.74) is 2.98. The molecule has 1 N–H and O–H groups in total. The zero-order chi connectivity index (χ0) is 12.7. The molecule has 1 aromatic rings. The number of rotatable bonds is 7. The minimum absolute atomic E-state index is 0.720. The maximum atomic E-state index is 3.53. The van der Waals surface area contributed by atoms with Gasteiger partial charge in [0.2, 0.25) is 0 Å². The monoisotopic (exact) mass is 233 g/mol. The van der Waals surface area contributed by atoms with Gasteiger partial charge < -0.3 is 5.32 Å².